The predicted octanol–water partition coefficient (Wildman–Crippen LogP) is 3.96. The number of rotatable bonds is 4. The monoisotopic (exact) mass is 403 g/mol. The molecule has 0 unspecified atom stereocenters. The molecule has 0 radical (unpaired) electrons. The van der Waals surface area contributed by atoms with Crippen molar-refractivity contribution in [2.45, 2.75) is 19.3 Å². The maximum absolute atomic E-state index is 5.28. The molecule has 0 spiro atoms. The Morgan fingerprint density at radius 2 is 1.40 bits per heavy atom. The Morgan fingerprint density at radius 1 is 0.700 bits per heavy atom. The molecule has 6 nitrogen and oxygen atoms in total. The minimum atomic E-state index is 0.864. The van der Waals surface area contributed by atoms with E-state index in [9.17, 15) is 0 Å². The lowest BCUT2D eigenvalue weighted by Gasteiger charge is -2.37. The molecule has 30 heavy (non-hydrogen) atoms. The van der Waals surface area contributed by atoms with Crippen LogP contribution in [0, 0.1) is 0 Å². The van der Waals surface area contributed by atoms with Gasteiger partial charge in [-0.15, -0.1) is 0 Å². The van der Waals surface area contributed by atoms with E-state index in [2.05, 4.69) is 51.1 Å². The summed E-state index contributed by atoms with van der Waals surface area (Å²) in [5, 5.41) is 1.17. The maximum Gasteiger partial charge on any atom is 0.228 e. The summed E-state index contributed by atoms with van der Waals surface area (Å²) < 4.78 is 5.28. The topological polar surface area (TPSA) is 44.7 Å². The van der Waals surface area contributed by atoms with Crippen LogP contribution in [0.5, 0.6) is 5.75 Å². The average molecular weight is 404 g/mol. The lowest BCUT2D eigenvalue weighted by molar-refractivity contribution is 0.415. The van der Waals surface area contributed by atoms with E-state index in [0.717, 1.165) is 62.3 Å². The van der Waals surface area contributed by atoms with Crippen molar-refractivity contribution >= 4 is 28.4 Å². The van der Waals surface area contributed by atoms with Crippen LogP contribution in [0.4, 0.5) is 17.5 Å². The van der Waals surface area contributed by atoms with Crippen molar-refractivity contribution in [3.63, 3.8) is 0 Å². The molecule has 0 atom stereocenters. The first-order chi connectivity index (χ1) is 14.8. The highest BCUT2D eigenvalue weighted by Gasteiger charge is 2.23. The van der Waals surface area contributed by atoms with E-state index in [1.807, 2.05) is 12.1 Å². The number of piperazine rings is 1. The molecular weight excluding hydrogens is 374 g/mol. The van der Waals surface area contributed by atoms with Crippen LogP contribution in [0.3, 0.4) is 0 Å². The molecule has 3 heterocycles. The third-order valence-electron chi connectivity index (χ3n) is 6.23. The number of hydrogen-bond donors (Lipinski definition) is 0. The van der Waals surface area contributed by atoms with E-state index in [4.69, 9.17) is 14.7 Å². The fourth-order valence-electron chi connectivity index (χ4n) is 4.49. The Hall–Kier alpha value is -3.02. The van der Waals surface area contributed by atoms with Gasteiger partial charge < -0.3 is 19.4 Å². The summed E-state index contributed by atoms with van der Waals surface area (Å²) in [5.74, 6) is 2.86. The van der Waals surface area contributed by atoms with E-state index < -0.39 is 0 Å². The van der Waals surface area contributed by atoms with Crippen molar-refractivity contribution in [2.24, 2.45) is 0 Å². The van der Waals surface area contributed by atoms with Gasteiger partial charge in [0.25, 0.3) is 0 Å². The molecule has 0 bridgehead atoms. The summed E-state index contributed by atoms with van der Waals surface area (Å²) >= 11 is 0. The number of nitrogens with zero attached hydrogens (tertiary/aromatic N) is 5. The Bertz CT molecular complexity index is 992. The standard InChI is InChI=1S/C24H29N5O/c1-30-20-11-9-19(10-12-20)27-15-17-29(18-16-27)24-25-22-8-4-3-7-21(22)23(26-24)28-13-5-2-6-14-28/h3-4,7-12H,2,5-6,13-18H2,1H3. The van der Waals surface area contributed by atoms with Crippen molar-refractivity contribution in [2.75, 3.05) is 61.1 Å². The highest BCUT2D eigenvalue weighted by atomic mass is 16.5. The second-order valence-corrected chi connectivity index (χ2v) is 8.08. The maximum atomic E-state index is 5.28. The van der Waals surface area contributed by atoms with Crippen LogP contribution in [0.1, 0.15) is 19.3 Å². The molecule has 2 saturated heterocycles. The van der Waals surface area contributed by atoms with Crippen LogP contribution < -0.4 is 19.4 Å². The van der Waals surface area contributed by atoms with Crippen molar-refractivity contribution in [3.05, 3.63) is 48.5 Å². The molecule has 0 aliphatic carbocycles. The number of methoxy groups -OCH3 is 1. The third-order valence-corrected chi connectivity index (χ3v) is 6.23. The van der Waals surface area contributed by atoms with Gasteiger partial charge in [0.2, 0.25) is 5.95 Å². The Kier molecular flexibility index (Phi) is 5.30. The van der Waals surface area contributed by atoms with E-state index in [1.54, 1.807) is 7.11 Å². The van der Waals surface area contributed by atoms with E-state index >= 15 is 0 Å². The molecule has 1 aromatic heterocycles. The SMILES string of the molecule is COc1ccc(N2CCN(c3nc(N4CCCCC4)c4ccccc4n3)CC2)cc1. The molecular formula is C24H29N5O. The van der Waals surface area contributed by atoms with Gasteiger partial charge in [-0.3, -0.25) is 0 Å². The normalized spacial score (nSPS) is 17.4. The van der Waals surface area contributed by atoms with Crippen molar-refractivity contribution in [1.29, 1.82) is 0 Å². The lowest BCUT2D eigenvalue weighted by Crippen LogP contribution is -2.47. The number of para-hydroxylation sites is 1. The third kappa shape index (κ3) is 3.74. The molecule has 2 aliphatic heterocycles. The van der Waals surface area contributed by atoms with Gasteiger partial charge in [-0.1, -0.05) is 12.1 Å². The summed E-state index contributed by atoms with van der Waals surface area (Å²) in [6, 6.07) is 16.8. The number of benzene rings is 2. The van der Waals surface area contributed by atoms with Crippen molar-refractivity contribution < 1.29 is 4.74 Å². The largest absolute Gasteiger partial charge is 0.497 e. The van der Waals surface area contributed by atoms with Gasteiger partial charge >= 0.3 is 0 Å². The number of fused-ring (bicyclic) bond motifs is 1. The first-order valence-electron chi connectivity index (χ1n) is 11.0. The Labute approximate surface area is 178 Å². The Morgan fingerprint density at radius 3 is 2.13 bits per heavy atom. The summed E-state index contributed by atoms with van der Waals surface area (Å²) in [6.07, 6.45) is 3.81. The van der Waals surface area contributed by atoms with Crippen LogP contribution >= 0.6 is 0 Å². The second kappa shape index (κ2) is 8.38. The van der Waals surface area contributed by atoms with Gasteiger partial charge in [0, 0.05) is 50.3 Å². The van der Waals surface area contributed by atoms with Gasteiger partial charge in [0.1, 0.15) is 11.6 Å². The summed E-state index contributed by atoms with van der Waals surface area (Å²) in [5.41, 5.74) is 2.28. The first kappa shape index (κ1) is 19.0. The molecule has 156 valence electrons. The zero-order valence-corrected chi connectivity index (χ0v) is 17.6. The summed E-state index contributed by atoms with van der Waals surface area (Å²) in [7, 11) is 1.70. The van der Waals surface area contributed by atoms with Gasteiger partial charge in [0.05, 0.1) is 12.6 Å². The van der Waals surface area contributed by atoms with Crippen LogP contribution in [0.15, 0.2) is 48.5 Å². The molecule has 0 amide bonds. The zero-order valence-electron chi connectivity index (χ0n) is 17.6. The number of piperidine rings is 1. The minimum absolute atomic E-state index is 0.864. The predicted molar refractivity (Wildman–Crippen MR) is 123 cm³/mol. The molecule has 3 aromatic rings. The van der Waals surface area contributed by atoms with Gasteiger partial charge in [-0.25, -0.2) is 4.98 Å². The van der Waals surface area contributed by atoms with Crippen molar-refractivity contribution in [1.82, 2.24) is 9.97 Å². The van der Waals surface area contributed by atoms with E-state index in [1.165, 1.54) is 30.3 Å². The smallest absolute Gasteiger partial charge is 0.228 e. The number of anilines is 3. The quantitative estimate of drug-likeness (QED) is 0.657. The lowest BCUT2D eigenvalue weighted by atomic mass is 10.1. The number of hydrogen-bond acceptors (Lipinski definition) is 6. The molecule has 5 rings (SSSR count). The van der Waals surface area contributed by atoms with Crippen LogP contribution in [-0.2, 0) is 0 Å². The van der Waals surface area contributed by atoms with Gasteiger partial charge in [-0.2, -0.15) is 4.98 Å². The molecule has 0 saturated carbocycles. The first-order valence-corrected chi connectivity index (χ1v) is 11.0. The molecule has 2 aliphatic rings. The van der Waals surface area contributed by atoms with Gasteiger partial charge in [0.15, 0.2) is 0 Å². The minimum Gasteiger partial charge on any atom is -0.497 e. The fourth-order valence-corrected chi connectivity index (χ4v) is 4.49. The van der Waals surface area contributed by atoms with Gasteiger partial charge in [-0.05, 0) is 55.7 Å². The number of ether oxygens (including phenoxy) is 1. The van der Waals surface area contributed by atoms with Crippen molar-refractivity contribution in [3.8, 4) is 5.75 Å². The molecule has 2 fully saturated rings. The molecule has 0 N–H and O–H groups in total. The Balaban J connectivity index is 1.37. The van der Waals surface area contributed by atoms with Crippen LogP contribution in [0.2, 0.25) is 0 Å². The zero-order chi connectivity index (χ0) is 20.3. The number of aromatic nitrogens is 2. The van der Waals surface area contributed by atoms with E-state index in [-0.39, 0.29) is 0 Å². The van der Waals surface area contributed by atoms with Crippen LogP contribution in [-0.4, -0.2) is 56.3 Å². The molecule has 6 heteroatoms. The highest BCUT2D eigenvalue weighted by Crippen LogP contribution is 2.29. The van der Waals surface area contributed by atoms with Crippen LogP contribution in [0.25, 0.3) is 10.9 Å². The fraction of sp³-hybridized carbons (Fsp3) is 0.417. The summed E-state index contributed by atoms with van der Waals surface area (Å²) in [6.45, 7) is 5.94. The highest BCUT2D eigenvalue weighted by molar-refractivity contribution is 5.90. The molecule has 2 aromatic carbocycles. The van der Waals surface area contributed by atoms with E-state index in [0.29, 0.717) is 0 Å². The summed E-state index contributed by atoms with van der Waals surface area (Å²) in [4.78, 5) is 17.2. The average Bonchev–Trinajstić information content (AvgIpc) is 2.84. The second-order valence-electron chi connectivity index (χ2n) is 8.08.